The summed E-state index contributed by atoms with van der Waals surface area (Å²) in [5, 5.41) is 0. The summed E-state index contributed by atoms with van der Waals surface area (Å²) in [4.78, 5) is 4.43. The normalized spacial score (nSPS) is 26.6. The molecule has 15 heavy (non-hydrogen) atoms. The first-order valence-electron chi connectivity index (χ1n) is 5.33. The predicted octanol–water partition coefficient (Wildman–Crippen LogP) is 2.08. The second kappa shape index (κ2) is 3.26. The molecule has 0 amide bonds. The summed E-state index contributed by atoms with van der Waals surface area (Å²) in [6, 6.07) is 8.59. The Kier molecular flexibility index (Phi) is 1.91. The Bertz CT molecular complexity index is 414. The Balaban J connectivity index is 1.87. The number of hydrogen-bond donors (Lipinski definition) is 0. The number of nitrogens with zero attached hydrogens (tertiary/aromatic N) is 1. The highest BCUT2D eigenvalue weighted by Gasteiger charge is 2.39. The van der Waals surface area contributed by atoms with Crippen LogP contribution >= 0.6 is 0 Å². The number of hydrogen-bond acceptors (Lipinski definition) is 3. The fourth-order valence-corrected chi connectivity index (χ4v) is 2.26. The van der Waals surface area contributed by atoms with E-state index in [2.05, 4.69) is 23.2 Å². The van der Waals surface area contributed by atoms with Crippen molar-refractivity contribution < 1.29 is 9.47 Å². The van der Waals surface area contributed by atoms with Crippen LogP contribution in [0.25, 0.3) is 0 Å². The molecule has 1 aromatic rings. The maximum Gasteiger partial charge on any atom is 0.384 e. The molecule has 0 spiro atoms. The van der Waals surface area contributed by atoms with Crippen LogP contribution in [0.4, 0.5) is 0 Å². The maximum absolute atomic E-state index is 5.68. The highest BCUT2D eigenvalue weighted by atomic mass is 16.7. The lowest BCUT2D eigenvalue weighted by atomic mass is 10.1. The molecule has 0 radical (unpaired) electrons. The van der Waals surface area contributed by atoms with Gasteiger partial charge in [0.05, 0.1) is 6.61 Å². The van der Waals surface area contributed by atoms with Gasteiger partial charge in [-0.3, -0.25) is 0 Å². The summed E-state index contributed by atoms with van der Waals surface area (Å²) in [7, 11) is 0. The Labute approximate surface area is 88.7 Å². The van der Waals surface area contributed by atoms with Crippen molar-refractivity contribution in [2.24, 2.45) is 4.99 Å². The molecule has 0 saturated heterocycles. The van der Waals surface area contributed by atoms with Crippen LogP contribution in [-0.2, 0) is 15.9 Å². The van der Waals surface area contributed by atoms with E-state index in [9.17, 15) is 0 Å². The molecule has 2 atom stereocenters. The Hall–Kier alpha value is -1.51. The minimum atomic E-state index is 0.0859. The molecule has 0 N–H and O–H groups in total. The lowest BCUT2D eigenvalue weighted by Crippen LogP contribution is -2.09. The van der Waals surface area contributed by atoms with E-state index in [0.717, 1.165) is 6.42 Å². The van der Waals surface area contributed by atoms with Gasteiger partial charge in [0, 0.05) is 0 Å². The molecule has 1 heterocycles. The van der Waals surface area contributed by atoms with Gasteiger partial charge < -0.3 is 9.47 Å². The summed E-state index contributed by atoms with van der Waals surface area (Å²) < 4.78 is 11.0. The maximum atomic E-state index is 5.68. The number of fused-ring (bicyclic) bond motifs is 3. The Morgan fingerprint density at radius 2 is 2.33 bits per heavy atom. The van der Waals surface area contributed by atoms with Gasteiger partial charge in [0.15, 0.2) is 6.10 Å². The molecule has 0 fully saturated rings. The monoisotopic (exact) mass is 203 g/mol. The molecule has 1 aromatic carbocycles. The Morgan fingerprint density at radius 1 is 1.47 bits per heavy atom. The predicted molar refractivity (Wildman–Crippen MR) is 56.8 cm³/mol. The van der Waals surface area contributed by atoms with Crippen LogP contribution in [0.3, 0.4) is 0 Å². The molecule has 0 bridgehead atoms. The van der Waals surface area contributed by atoms with Gasteiger partial charge in [-0.1, -0.05) is 24.3 Å². The van der Waals surface area contributed by atoms with E-state index in [1.165, 1.54) is 11.1 Å². The van der Waals surface area contributed by atoms with E-state index in [1.54, 1.807) is 0 Å². The van der Waals surface area contributed by atoms with Crippen LogP contribution in [0.5, 0.6) is 0 Å². The van der Waals surface area contributed by atoms with Crippen molar-refractivity contribution in [1.82, 2.24) is 0 Å². The molecular formula is C12H13NO2. The van der Waals surface area contributed by atoms with Crippen molar-refractivity contribution >= 4 is 6.08 Å². The van der Waals surface area contributed by atoms with E-state index in [1.807, 2.05) is 13.0 Å². The third-order valence-corrected chi connectivity index (χ3v) is 2.91. The van der Waals surface area contributed by atoms with Crippen molar-refractivity contribution in [3.8, 4) is 0 Å². The van der Waals surface area contributed by atoms with Crippen LogP contribution in [0.15, 0.2) is 29.3 Å². The van der Waals surface area contributed by atoms with Gasteiger partial charge in [0.2, 0.25) is 0 Å². The van der Waals surface area contributed by atoms with E-state index in [-0.39, 0.29) is 12.1 Å². The van der Waals surface area contributed by atoms with E-state index < -0.39 is 0 Å². The second-order valence-corrected chi connectivity index (χ2v) is 3.84. The zero-order chi connectivity index (χ0) is 10.3. The van der Waals surface area contributed by atoms with Crippen LogP contribution in [0.2, 0.25) is 0 Å². The highest BCUT2D eigenvalue weighted by molar-refractivity contribution is 5.70. The van der Waals surface area contributed by atoms with Crippen LogP contribution in [-0.4, -0.2) is 18.7 Å². The molecule has 1 aliphatic carbocycles. The SMILES string of the molecule is CCOC1=NC2Cc3ccccc3[C@@H]2O1. The average Bonchev–Trinajstić information content (AvgIpc) is 2.75. The third-order valence-electron chi connectivity index (χ3n) is 2.91. The van der Waals surface area contributed by atoms with Gasteiger partial charge in [-0.25, -0.2) is 4.99 Å². The molecule has 3 heteroatoms. The second-order valence-electron chi connectivity index (χ2n) is 3.84. The molecular weight excluding hydrogens is 190 g/mol. The number of benzene rings is 1. The molecule has 1 aliphatic heterocycles. The van der Waals surface area contributed by atoms with Gasteiger partial charge in [-0.2, -0.15) is 0 Å². The van der Waals surface area contributed by atoms with Crippen molar-refractivity contribution in [2.75, 3.05) is 6.61 Å². The third kappa shape index (κ3) is 1.30. The van der Waals surface area contributed by atoms with E-state index >= 15 is 0 Å². The number of rotatable bonds is 1. The molecule has 3 rings (SSSR count). The highest BCUT2D eigenvalue weighted by Crippen LogP contribution is 2.39. The van der Waals surface area contributed by atoms with Crippen LogP contribution in [0, 0.1) is 0 Å². The summed E-state index contributed by atoms with van der Waals surface area (Å²) in [5.41, 5.74) is 2.62. The van der Waals surface area contributed by atoms with Crippen LogP contribution < -0.4 is 0 Å². The summed E-state index contributed by atoms with van der Waals surface area (Å²) in [6.07, 6.45) is 1.52. The summed E-state index contributed by atoms with van der Waals surface area (Å²) in [5.74, 6) is 0. The number of ether oxygens (including phenoxy) is 2. The Morgan fingerprint density at radius 3 is 3.20 bits per heavy atom. The minimum absolute atomic E-state index is 0.0859. The van der Waals surface area contributed by atoms with Gasteiger partial charge in [-0.15, -0.1) is 0 Å². The quantitative estimate of drug-likeness (QED) is 0.699. The molecule has 78 valence electrons. The molecule has 2 aliphatic rings. The minimum Gasteiger partial charge on any atom is -0.451 e. The zero-order valence-corrected chi connectivity index (χ0v) is 8.64. The van der Waals surface area contributed by atoms with Crippen molar-refractivity contribution in [3.63, 3.8) is 0 Å². The van der Waals surface area contributed by atoms with Gasteiger partial charge in [-0.05, 0) is 24.5 Å². The lowest BCUT2D eigenvalue weighted by Gasteiger charge is -2.10. The topological polar surface area (TPSA) is 30.8 Å². The van der Waals surface area contributed by atoms with Crippen molar-refractivity contribution in [2.45, 2.75) is 25.5 Å². The van der Waals surface area contributed by atoms with E-state index in [4.69, 9.17) is 9.47 Å². The summed E-state index contributed by atoms with van der Waals surface area (Å²) in [6.45, 7) is 2.55. The number of aliphatic imine (C=N–C) groups is 1. The molecule has 0 aromatic heterocycles. The average molecular weight is 203 g/mol. The fourth-order valence-electron chi connectivity index (χ4n) is 2.26. The van der Waals surface area contributed by atoms with Gasteiger partial charge in [0.1, 0.15) is 6.04 Å². The first-order chi connectivity index (χ1) is 7.38. The largest absolute Gasteiger partial charge is 0.451 e. The molecule has 3 nitrogen and oxygen atoms in total. The smallest absolute Gasteiger partial charge is 0.384 e. The standard InChI is InChI=1S/C12H13NO2/c1-2-14-12-13-10-7-8-5-3-4-6-9(8)11(10)15-12/h3-6,10-11H,2,7H2,1H3/t10?,11-/m0/s1. The molecule has 1 unspecified atom stereocenters. The van der Waals surface area contributed by atoms with Gasteiger partial charge >= 0.3 is 6.08 Å². The fraction of sp³-hybridized carbons (Fsp3) is 0.417. The molecule has 0 saturated carbocycles. The van der Waals surface area contributed by atoms with Crippen LogP contribution in [0.1, 0.15) is 24.2 Å². The first kappa shape index (κ1) is 8.77. The van der Waals surface area contributed by atoms with Gasteiger partial charge in [0.25, 0.3) is 0 Å². The lowest BCUT2D eigenvalue weighted by molar-refractivity contribution is 0.135. The zero-order valence-electron chi connectivity index (χ0n) is 8.64. The van der Waals surface area contributed by atoms with Crippen molar-refractivity contribution in [1.29, 1.82) is 0 Å². The van der Waals surface area contributed by atoms with E-state index in [0.29, 0.717) is 12.7 Å². The first-order valence-corrected chi connectivity index (χ1v) is 5.33. The van der Waals surface area contributed by atoms with Crippen molar-refractivity contribution in [3.05, 3.63) is 35.4 Å². The summed E-state index contributed by atoms with van der Waals surface area (Å²) >= 11 is 0.